The van der Waals surface area contributed by atoms with E-state index in [1.165, 1.54) is 6.08 Å². The molecule has 2 atom stereocenters. The summed E-state index contributed by atoms with van der Waals surface area (Å²) < 4.78 is 11.2. The van der Waals surface area contributed by atoms with E-state index in [0.29, 0.717) is 12.1 Å². The van der Waals surface area contributed by atoms with Crippen molar-refractivity contribution in [3.8, 4) is 0 Å². The van der Waals surface area contributed by atoms with Crippen molar-refractivity contribution in [2.45, 2.75) is 19.1 Å². The van der Waals surface area contributed by atoms with Gasteiger partial charge in [0.15, 0.2) is 0 Å². The summed E-state index contributed by atoms with van der Waals surface area (Å²) in [6.45, 7) is 3.96. The molecule has 1 aromatic rings. The van der Waals surface area contributed by atoms with Crippen molar-refractivity contribution in [1.29, 1.82) is 0 Å². The van der Waals surface area contributed by atoms with E-state index in [9.17, 15) is 13.8 Å². The number of carbonyl (C=O) groups excluding carboxylic acids is 1. The number of rotatable bonds is 6. The summed E-state index contributed by atoms with van der Waals surface area (Å²) >= 11 is 0. The quantitative estimate of drug-likeness (QED) is 0.782. The van der Waals surface area contributed by atoms with Gasteiger partial charge in [-0.25, -0.2) is 4.79 Å². The van der Waals surface area contributed by atoms with Crippen molar-refractivity contribution in [2.24, 2.45) is 0 Å². The number of carboxylic acids is 1. The van der Waals surface area contributed by atoms with Gasteiger partial charge in [-0.1, -0.05) is 6.07 Å². The fraction of sp³-hybridized carbons (Fsp3) is 0.333. The van der Waals surface area contributed by atoms with Crippen LogP contribution in [-0.2, 0) is 15.6 Å². The fourth-order valence-electron chi connectivity index (χ4n) is 1.62. The molecule has 0 aromatic heterocycles. The van der Waals surface area contributed by atoms with Crippen LogP contribution in [0.4, 0.5) is 0 Å². The van der Waals surface area contributed by atoms with Crippen molar-refractivity contribution in [3.63, 3.8) is 0 Å². The molecule has 21 heavy (non-hydrogen) atoms. The van der Waals surface area contributed by atoms with Crippen LogP contribution in [-0.4, -0.2) is 39.2 Å². The molecule has 1 aromatic carbocycles. The van der Waals surface area contributed by atoms with Crippen LogP contribution in [0, 0.1) is 6.92 Å². The fourth-order valence-corrected chi connectivity index (χ4v) is 1.94. The summed E-state index contributed by atoms with van der Waals surface area (Å²) in [6.07, 6.45) is 4.15. The summed E-state index contributed by atoms with van der Waals surface area (Å²) in [5.41, 5.74) is 2.05. The lowest BCUT2D eigenvalue weighted by atomic mass is 10.0. The van der Waals surface area contributed by atoms with Crippen molar-refractivity contribution >= 4 is 28.8 Å². The van der Waals surface area contributed by atoms with E-state index in [4.69, 9.17) is 5.11 Å². The molecular formula is C15H19NO4S. The summed E-state index contributed by atoms with van der Waals surface area (Å²) in [7, 11) is -0.978. The number of benzene rings is 1. The lowest BCUT2D eigenvalue weighted by Gasteiger charge is -2.11. The minimum absolute atomic E-state index is 0.104. The van der Waals surface area contributed by atoms with Crippen LogP contribution in [0.2, 0.25) is 0 Å². The van der Waals surface area contributed by atoms with E-state index < -0.39 is 16.8 Å². The minimum Gasteiger partial charge on any atom is -0.478 e. The molecule has 5 nitrogen and oxygen atoms in total. The highest BCUT2D eigenvalue weighted by Gasteiger charge is 2.10. The Hall–Kier alpha value is -1.95. The Morgan fingerprint density at radius 1 is 1.43 bits per heavy atom. The number of nitrogens with one attached hydrogen (secondary N) is 1. The standard InChI is InChI=1S/C15H19NO4S/c1-10-8-13(5-4-12(10)6-7-14(17)18)15(19)16-9-11(2)21(3)20/h4-8,11H,9H2,1-3H3,(H,16,19)(H,17,18)/b7-6+. The van der Waals surface area contributed by atoms with Gasteiger partial charge in [0.2, 0.25) is 0 Å². The number of hydrogen-bond acceptors (Lipinski definition) is 3. The molecular weight excluding hydrogens is 290 g/mol. The molecule has 6 heteroatoms. The van der Waals surface area contributed by atoms with E-state index in [0.717, 1.165) is 17.2 Å². The number of carbonyl (C=O) groups is 2. The zero-order valence-corrected chi connectivity index (χ0v) is 13.1. The first-order valence-electron chi connectivity index (χ1n) is 6.43. The average Bonchev–Trinajstić information content (AvgIpc) is 2.42. The van der Waals surface area contributed by atoms with Crippen LogP contribution < -0.4 is 5.32 Å². The molecule has 0 aliphatic rings. The van der Waals surface area contributed by atoms with E-state index >= 15 is 0 Å². The first-order valence-corrected chi connectivity index (χ1v) is 8.05. The van der Waals surface area contributed by atoms with Gasteiger partial charge in [0.05, 0.1) is 0 Å². The normalized spacial score (nSPS) is 13.9. The third kappa shape index (κ3) is 5.51. The van der Waals surface area contributed by atoms with Gasteiger partial charge in [-0.3, -0.25) is 9.00 Å². The highest BCUT2D eigenvalue weighted by molar-refractivity contribution is 7.84. The number of amides is 1. The van der Waals surface area contributed by atoms with Crippen molar-refractivity contribution in [2.75, 3.05) is 12.8 Å². The molecule has 0 heterocycles. The monoisotopic (exact) mass is 309 g/mol. The van der Waals surface area contributed by atoms with Crippen LogP contribution in [0.25, 0.3) is 6.08 Å². The second-order valence-corrected chi connectivity index (χ2v) is 6.56. The van der Waals surface area contributed by atoms with Gasteiger partial charge in [0, 0.05) is 40.5 Å². The van der Waals surface area contributed by atoms with Gasteiger partial charge in [-0.05, 0) is 43.2 Å². The second-order valence-electron chi connectivity index (χ2n) is 4.76. The van der Waals surface area contributed by atoms with E-state index in [2.05, 4.69) is 5.32 Å². The van der Waals surface area contributed by atoms with Gasteiger partial charge in [-0.15, -0.1) is 0 Å². The number of carboxylic acid groups (broad SMARTS) is 1. The molecule has 0 aliphatic carbocycles. The van der Waals surface area contributed by atoms with Gasteiger partial charge in [0.1, 0.15) is 0 Å². The molecule has 114 valence electrons. The third-order valence-corrected chi connectivity index (χ3v) is 4.35. The van der Waals surface area contributed by atoms with E-state index in [1.807, 2.05) is 6.92 Å². The molecule has 1 rings (SSSR count). The molecule has 1 amide bonds. The maximum absolute atomic E-state index is 12.0. The topological polar surface area (TPSA) is 83.5 Å². The van der Waals surface area contributed by atoms with E-state index in [1.54, 1.807) is 31.4 Å². The Kier molecular flexibility index (Phi) is 6.30. The van der Waals surface area contributed by atoms with Crippen molar-refractivity contribution in [3.05, 3.63) is 41.0 Å². The van der Waals surface area contributed by atoms with Gasteiger partial charge in [0.25, 0.3) is 5.91 Å². The van der Waals surface area contributed by atoms with Gasteiger partial charge in [-0.2, -0.15) is 0 Å². The molecule has 2 N–H and O–H groups in total. The zero-order chi connectivity index (χ0) is 16.0. The SMILES string of the molecule is Cc1cc(C(=O)NCC(C)S(C)=O)ccc1/C=C/C(=O)O. The lowest BCUT2D eigenvalue weighted by Crippen LogP contribution is -2.32. The third-order valence-electron chi connectivity index (χ3n) is 3.05. The molecule has 0 aliphatic heterocycles. The van der Waals surface area contributed by atoms with Gasteiger partial charge < -0.3 is 10.4 Å². The van der Waals surface area contributed by atoms with Crippen LogP contribution in [0.1, 0.15) is 28.4 Å². The summed E-state index contributed by atoms with van der Waals surface area (Å²) in [5.74, 6) is -1.25. The predicted molar refractivity (Wildman–Crippen MR) is 83.7 cm³/mol. The van der Waals surface area contributed by atoms with Crippen molar-refractivity contribution in [1.82, 2.24) is 5.32 Å². The predicted octanol–water partition coefficient (Wildman–Crippen LogP) is 1.59. The molecule has 2 unspecified atom stereocenters. The van der Waals surface area contributed by atoms with Gasteiger partial charge >= 0.3 is 5.97 Å². The zero-order valence-electron chi connectivity index (χ0n) is 12.3. The van der Waals surface area contributed by atoms with E-state index in [-0.39, 0.29) is 11.2 Å². The maximum Gasteiger partial charge on any atom is 0.328 e. The molecule has 0 saturated carbocycles. The molecule has 0 spiro atoms. The number of hydrogen-bond donors (Lipinski definition) is 2. The van der Waals surface area contributed by atoms with Crippen LogP contribution in [0.3, 0.4) is 0 Å². The Morgan fingerprint density at radius 2 is 2.10 bits per heavy atom. The summed E-state index contributed by atoms with van der Waals surface area (Å²) in [4.78, 5) is 22.5. The molecule has 0 bridgehead atoms. The van der Waals surface area contributed by atoms with Crippen molar-refractivity contribution < 1.29 is 18.9 Å². The highest BCUT2D eigenvalue weighted by Crippen LogP contribution is 2.13. The van der Waals surface area contributed by atoms with Crippen LogP contribution in [0.15, 0.2) is 24.3 Å². The summed E-state index contributed by atoms with van der Waals surface area (Å²) in [5, 5.41) is 11.2. The second kappa shape index (κ2) is 7.73. The first-order chi connectivity index (χ1) is 9.81. The molecule has 0 radical (unpaired) electrons. The average molecular weight is 309 g/mol. The molecule has 0 saturated heterocycles. The Labute approximate surface area is 126 Å². The van der Waals surface area contributed by atoms with Crippen LogP contribution in [0.5, 0.6) is 0 Å². The maximum atomic E-state index is 12.0. The first kappa shape index (κ1) is 17.1. The smallest absolute Gasteiger partial charge is 0.328 e. The molecule has 0 fully saturated rings. The summed E-state index contributed by atoms with van der Waals surface area (Å²) in [6, 6.07) is 5.03. The Bertz CT molecular complexity index is 595. The highest BCUT2D eigenvalue weighted by atomic mass is 32.2. The number of aryl methyl sites for hydroxylation is 1. The largest absolute Gasteiger partial charge is 0.478 e. The lowest BCUT2D eigenvalue weighted by molar-refractivity contribution is -0.131. The minimum atomic E-state index is -1.02. The van der Waals surface area contributed by atoms with Crippen LogP contribution >= 0.6 is 0 Å². The Balaban J connectivity index is 2.76. The number of aliphatic carboxylic acids is 1. The Morgan fingerprint density at radius 3 is 2.62 bits per heavy atom.